The van der Waals surface area contributed by atoms with Crippen LogP contribution >= 0.6 is 0 Å². The summed E-state index contributed by atoms with van der Waals surface area (Å²) in [5.41, 5.74) is 2.19. The Bertz CT molecular complexity index is 1080. The van der Waals surface area contributed by atoms with Gasteiger partial charge in [-0.1, -0.05) is 6.07 Å². The van der Waals surface area contributed by atoms with E-state index in [4.69, 9.17) is 4.74 Å². The monoisotopic (exact) mass is 419 g/mol. The van der Waals surface area contributed by atoms with Gasteiger partial charge in [0.15, 0.2) is 0 Å². The Labute approximate surface area is 182 Å². The highest BCUT2D eigenvalue weighted by Gasteiger charge is 2.20. The first kappa shape index (κ1) is 20.0. The Morgan fingerprint density at radius 3 is 2.61 bits per heavy atom. The molecular weight excluding hydrogens is 390 g/mol. The van der Waals surface area contributed by atoms with Gasteiger partial charge in [0.1, 0.15) is 12.4 Å². The highest BCUT2D eigenvalue weighted by molar-refractivity contribution is 5.86. The molecule has 2 aliphatic rings. The van der Waals surface area contributed by atoms with Crippen molar-refractivity contribution in [2.75, 3.05) is 37.6 Å². The third kappa shape index (κ3) is 4.56. The number of nitrogens with zero attached hydrogens (tertiary/aromatic N) is 5. The van der Waals surface area contributed by atoms with E-state index in [2.05, 4.69) is 38.0 Å². The van der Waals surface area contributed by atoms with Crippen LogP contribution in [0.4, 0.5) is 5.69 Å². The molecule has 1 saturated heterocycles. The number of fused-ring (bicyclic) bond motifs is 1. The normalized spacial score (nSPS) is 18.0. The predicted octanol–water partition coefficient (Wildman–Crippen LogP) is 2.94. The van der Waals surface area contributed by atoms with Gasteiger partial charge in [-0.3, -0.25) is 9.69 Å². The van der Waals surface area contributed by atoms with Gasteiger partial charge in [-0.05, 0) is 49.9 Å². The summed E-state index contributed by atoms with van der Waals surface area (Å²) in [5, 5.41) is 0.998. The Kier molecular flexibility index (Phi) is 5.84. The smallest absolute Gasteiger partial charge is 0.250 e. The molecule has 7 nitrogen and oxygen atoms in total. The third-order valence-corrected chi connectivity index (χ3v) is 6.46. The van der Waals surface area contributed by atoms with Gasteiger partial charge in [0.05, 0.1) is 10.9 Å². The van der Waals surface area contributed by atoms with Crippen LogP contribution in [0.2, 0.25) is 0 Å². The van der Waals surface area contributed by atoms with Crippen molar-refractivity contribution in [3.63, 3.8) is 0 Å². The van der Waals surface area contributed by atoms with Gasteiger partial charge in [0.2, 0.25) is 5.88 Å². The van der Waals surface area contributed by atoms with Crippen molar-refractivity contribution >= 4 is 16.6 Å². The summed E-state index contributed by atoms with van der Waals surface area (Å²) in [6.45, 7) is 5.51. The van der Waals surface area contributed by atoms with Gasteiger partial charge < -0.3 is 14.2 Å². The molecule has 5 rings (SSSR count). The molecule has 162 valence electrons. The zero-order chi connectivity index (χ0) is 21.0. The van der Waals surface area contributed by atoms with Crippen molar-refractivity contribution in [3.05, 3.63) is 59.3 Å². The lowest BCUT2D eigenvalue weighted by Gasteiger charge is -2.36. The lowest BCUT2D eigenvalue weighted by molar-refractivity contribution is 0.204. The fourth-order valence-electron chi connectivity index (χ4n) is 4.60. The van der Waals surface area contributed by atoms with Crippen LogP contribution in [0.1, 0.15) is 25.7 Å². The maximum atomic E-state index is 11.9. The minimum atomic E-state index is 0.0649. The number of piperazine rings is 1. The zero-order valence-electron chi connectivity index (χ0n) is 17.8. The molecule has 31 heavy (non-hydrogen) atoms. The molecule has 1 aromatic carbocycles. The Morgan fingerprint density at radius 1 is 0.968 bits per heavy atom. The van der Waals surface area contributed by atoms with Crippen molar-refractivity contribution in [2.24, 2.45) is 0 Å². The summed E-state index contributed by atoms with van der Waals surface area (Å²) in [4.78, 5) is 25.6. The van der Waals surface area contributed by atoms with Gasteiger partial charge >= 0.3 is 0 Å². The summed E-state index contributed by atoms with van der Waals surface area (Å²) < 4.78 is 8.01. The van der Waals surface area contributed by atoms with Gasteiger partial charge in [-0.25, -0.2) is 9.97 Å². The van der Waals surface area contributed by atoms with Crippen LogP contribution < -0.4 is 15.2 Å². The maximum absolute atomic E-state index is 11.9. The maximum Gasteiger partial charge on any atom is 0.250 e. The first-order valence-electron chi connectivity index (χ1n) is 11.3. The van der Waals surface area contributed by atoms with E-state index in [1.54, 1.807) is 23.0 Å². The van der Waals surface area contributed by atoms with Gasteiger partial charge in [0, 0.05) is 57.2 Å². The number of anilines is 1. The molecule has 7 heteroatoms. The zero-order valence-corrected chi connectivity index (χ0v) is 17.8. The van der Waals surface area contributed by atoms with Crippen LogP contribution in [0.15, 0.2) is 53.7 Å². The van der Waals surface area contributed by atoms with Crippen LogP contribution in [-0.2, 0) is 6.54 Å². The number of aromatic nitrogens is 3. The standard InChI is InChI=1S/C24H29N5O2/c30-23-7-3-4-10-29(23)16-13-27-11-14-28(15-12-27)19-8-9-22-21(17-19)24(26-18-25-22)31-20-5-1-2-6-20/h3-4,7-10,17-18,20H,1-2,5-6,11-16H2. The van der Waals surface area contributed by atoms with Crippen LogP contribution in [0, 0.1) is 0 Å². The lowest BCUT2D eigenvalue weighted by atomic mass is 10.2. The van der Waals surface area contributed by atoms with Crippen molar-refractivity contribution in [3.8, 4) is 5.88 Å². The van der Waals surface area contributed by atoms with E-state index < -0.39 is 0 Å². The summed E-state index contributed by atoms with van der Waals surface area (Å²) in [7, 11) is 0. The minimum Gasteiger partial charge on any atom is -0.474 e. The fraction of sp³-hybridized carbons (Fsp3) is 0.458. The molecule has 0 N–H and O–H groups in total. The summed E-state index contributed by atoms with van der Waals surface area (Å²) >= 11 is 0. The summed E-state index contributed by atoms with van der Waals surface area (Å²) in [5.74, 6) is 0.714. The SMILES string of the molecule is O=c1ccccn1CCN1CCN(c2ccc3ncnc(OC4CCCC4)c3c2)CC1. The second kappa shape index (κ2) is 9.06. The molecular formula is C24H29N5O2. The molecule has 1 saturated carbocycles. The topological polar surface area (TPSA) is 63.5 Å². The highest BCUT2D eigenvalue weighted by atomic mass is 16.5. The molecule has 0 radical (unpaired) electrons. The second-order valence-corrected chi connectivity index (χ2v) is 8.47. The van der Waals surface area contributed by atoms with Crippen molar-refractivity contribution in [1.82, 2.24) is 19.4 Å². The molecule has 3 heterocycles. The average Bonchev–Trinajstić information content (AvgIpc) is 3.32. The van der Waals surface area contributed by atoms with E-state index in [0.29, 0.717) is 5.88 Å². The fourth-order valence-corrected chi connectivity index (χ4v) is 4.60. The Hall–Kier alpha value is -2.93. The number of benzene rings is 1. The molecule has 0 spiro atoms. The molecule has 1 aliphatic carbocycles. The average molecular weight is 420 g/mol. The number of hydrogen-bond acceptors (Lipinski definition) is 6. The van der Waals surface area contributed by atoms with Crippen LogP contribution in [0.5, 0.6) is 5.88 Å². The van der Waals surface area contributed by atoms with Crippen molar-refractivity contribution in [2.45, 2.75) is 38.3 Å². The Balaban J connectivity index is 1.24. The van der Waals surface area contributed by atoms with Crippen LogP contribution in [0.25, 0.3) is 10.9 Å². The Morgan fingerprint density at radius 2 is 1.81 bits per heavy atom. The molecule has 0 amide bonds. The molecule has 2 aromatic heterocycles. The number of ether oxygens (including phenoxy) is 1. The van der Waals surface area contributed by atoms with Gasteiger partial charge in [-0.15, -0.1) is 0 Å². The quantitative estimate of drug-likeness (QED) is 0.612. The van der Waals surface area contributed by atoms with Crippen molar-refractivity contribution < 1.29 is 4.74 Å². The van der Waals surface area contributed by atoms with Gasteiger partial charge in [-0.2, -0.15) is 0 Å². The molecule has 0 bridgehead atoms. The lowest BCUT2D eigenvalue weighted by Crippen LogP contribution is -2.47. The van der Waals surface area contributed by atoms with Crippen molar-refractivity contribution in [1.29, 1.82) is 0 Å². The van der Waals surface area contributed by atoms with Crippen LogP contribution in [-0.4, -0.2) is 58.3 Å². The summed E-state index contributed by atoms with van der Waals surface area (Å²) in [6, 6.07) is 11.7. The van der Waals surface area contributed by atoms with E-state index >= 15 is 0 Å². The predicted molar refractivity (Wildman–Crippen MR) is 122 cm³/mol. The van der Waals surface area contributed by atoms with E-state index in [1.165, 1.54) is 18.5 Å². The first-order chi connectivity index (χ1) is 15.3. The molecule has 3 aromatic rings. The van der Waals surface area contributed by atoms with E-state index in [9.17, 15) is 4.79 Å². The molecule has 1 aliphatic heterocycles. The van der Waals surface area contributed by atoms with Crippen LogP contribution in [0.3, 0.4) is 0 Å². The molecule has 0 atom stereocenters. The second-order valence-electron chi connectivity index (χ2n) is 8.47. The molecule has 2 fully saturated rings. The van der Waals surface area contributed by atoms with Gasteiger partial charge in [0.25, 0.3) is 5.56 Å². The highest BCUT2D eigenvalue weighted by Crippen LogP contribution is 2.30. The number of hydrogen-bond donors (Lipinski definition) is 0. The minimum absolute atomic E-state index is 0.0649. The van der Waals surface area contributed by atoms with E-state index in [-0.39, 0.29) is 11.7 Å². The number of rotatable bonds is 6. The van der Waals surface area contributed by atoms with E-state index in [0.717, 1.165) is 63.0 Å². The summed E-state index contributed by atoms with van der Waals surface area (Å²) in [6.07, 6.45) is 8.45. The third-order valence-electron chi connectivity index (χ3n) is 6.46. The number of pyridine rings is 1. The van der Waals surface area contributed by atoms with E-state index in [1.807, 2.05) is 12.3 Å². The largest absolute Gasteiger partial charge is 0.474 e. The molecule has 0 unspecified atom stereocenters. The first-order valence-corrected chi connectivity index (χ1v) is 11.3.